The van der Waals surface area contributed by atoms with Crippen LogP contribution in [0.15, 0.2) is 30.3 Å². The van der Waals surface area contributed by atoms with E-state index in [2.05, 4.69) is 10.3 Å². The fraction of sp³-hybridized carbons (Fsp3) is 0.417. The molecule has 0 fully saturated rings. The lowest BCUT2D eigenvalue weighted by Gasteiger charge is -2.20. The second kappa shape index (κ2) is 9.91. The van der Waals surface area contributed by atoms with Crippen molar-refractivity contribution in [3.8, 4) is 0 Å². The minimum atomic E-state index is -1.03. The Morgan fingerprint density at radius 3 is 2.41 bits per heavy atom. The number of carboxylic acid groups (broad SMARTS) is 1. The number of amides is 1. The first-order chi connectivity index (χ1) is 15.3. The van der Waals surface area contributed by atoms with E-state index >= 15 is 0 Å². The molecule has 0 aliphatic heterocycles. The van der Waals surface area contributed by atoms with Crippen molar-refractivity contribution in [1.29, 1.82) is 0 Å². The number of pyridine rings is 1. The molecule has 0 radical (unpaired) electrons. The van der Waals surface area contributed by atoms with Crippen molar-refractivity contribution in [1.82, 2.24) is 19.9 Å². The Bertz CT molecular complexity index is 1120. The van der Waals surface area contributed by atoms with E-state index in [9.17, 15) is 19.8 Å². The number of fused-ring (bicyclic) bond motifs is 1. The third kappa shape index (κ3) is 4.80. The van der Waals surface area contributed by atoms with Gasteiger partial charge in [0.15, 0.2) is 5.65 Å². The predicted molar refractivity (Wildman–Crippen MR) is 121 cm³/mol. The van der Waals surface area contributed by atoms with Gasteiger partial charge in [-0.05, 0) is 42.2 Å². The highest BCUT2D eigenvalue weighted by atomic mass is 16.4. The highest BCUT2D eigenvalue weighted by Crippen LogP contribution is 2.21. The number of hydrogen-bond acceptors (Lipinski definition) is 5. The average Bonchev–Trinajstić information content (AvgIpc) is 3.14. The summed E-state index contributed by atoms with van der Waals surface area (Å²) >= 11 is 0. The number of aryl methyl sites for hydroxylation is 2. The zero-order valence-electron chi connectivity index (χ0n) is 18.9. The van der Waals surface area contributed by atoms with Gasteiger partial charge in [0.05, 0.1) is 18.8 Å². The summed E-state index contributed by atoms with van der Waals surface area (Å²) in [6.45, 7) is 8.07. The van der Waals surface area contributed by atoms with Gasteiger partial charge in [0, 0.05) is 12.0 Å². The Morgan fingerprint density at radius 2 is 1.84 bits per heavy atom. The maximum atomic E-state index is 12.6. The predicted octanol–water partition coefficient (Wildman–Crippen LogP) is 3.07. The normalized spacial score (nSPS) is 13.2. The second-order valence-electron chi connectivity index (χ2n) is 8.10. The van der Waals surface area contributed by atoms with E-state index in [0.29, 0.717) is 24.2 Å². The topological polar surface area (TPSA) is 117 Å². The number of carboxylic acids is 1. The fourth-order valence-electron chi connectivity index (χ4n) is 3.72. The average molecular weight is 439 g/mol. The number of rotatable bonds is 9. The molecule has 2 aromatic heterocycles. The van der Waals surface area contributed by atoms with Crippen molar-refractivity contribution >= 4 is 23.0 Å². The number of hydrogen-bond donors (Lipinski definition) is 3. The Morgan fingerprint density at radius 1 is 1.16 bits per heavy atom. The molecule has 1 aromatic carbocycles. The van der Waals surface area contributed by atoms with Gasteiger partial charge in [-0.1, -0.05) is 39.3 Å². The van der Waals surface area contributed by atoms with Crippen molar-refractivity contribution < 1.29 is 19.8 Å². The molecule has 0 spiro atoms. The standard InChI is InChI=1S/C24H30N4O4/c1-5-14(3)21(24(31)32)27-23(30)17-9-7-16(8-10-17)12-28-19(6-2)26-20-15(4)11-18(13-29)25-22(20)28/h7-11,14,21,29H,5-6,12-13H2,1-4H3,(H,27,30)(H,31,32)/t14-,21-/m0/s1. The first-order valence-electron chi connectivity index (χ1n) is 10.9. The summed E-state index contributed by atoms with van der Waals surface area (Å²) in [6, 6.07) is 8.01. The molecule has 0 saturated carbocycles. The Hall–Kier alpha value is -3.26. The van der Waals surface area contributed by atoms with Gasteiger partial charge < -0.3 is 20.1 Å². The fourth-order valence-corrected chi connectivity index (χ4v) is 3.72. The summed E-state index contributed by atoms with van der Waals surface area (Å²) in [5, 5.41) is 21.6. The van der Waals surface area contributed by atoms with Crippen LogP contribution in [0.3, 0.4) is 0 Å². The number of benzene rings is 1. The Kier molecular flexibility index (Phi) is 7.25. The number of nitrogens with zero attached hydrogens (tertiary/aromatic N) is 3. The van der Waals surface area contributed by atoms with Crippen LogP contribution in [0.25, 0.3) is 11.2 Å². The number of carbonyl (C=O) groups excluding carboxylic acids is 1. The summed E-state index contributed by atoms with van der Waals surface area (Å²) in [5.74, 6) is -0.715. The van der Waals surface area contributed by atoms with E-state index < -0.39 is 17.9 Å². The van der Waals surface area contributed by atoms with E-state index in [4.69, 9.17) is 4.98 Å². The minimum absolute atomic E-state index is 0.138. The molecule has 3 N–H and O–H groups in total. The molecule has 0 aliphatic rings. The Labute approximate surface area is 187 Å². The monoisotopic (exact) mass is 438 g/mol. The Balaban J connectivity index is 1.84. The lowest BCUT2D eigenvalue weighted by atomic mass is 9.99. The number of nitrogens with one attached hydrogen (secondary N) is 1. The van der Waals surface area contributed by atoms with Crippen LogP contribution in [0.5, 0.6) is 0 Å². The zero-order chi connectivity index (χ0) is 23.4. The van der Waals surface area contributed by atoms with Gasteiger partial charge in [-0.2, -0.15) is 0 Å². The summed E-state index contributed by atoms with van der Waals surface area (Å²) in [5.41, 5.74) is 4.48. The van der Waals surface area contributed by atoms with Crippen LogP contribution in [-0.2, 0) is 24.4 Å². The molecule has 8 nitrogen and oxygen atoms in total. The van der Waals surface area contributed by atoms with Gasteiger partial charge in [-0.25, -0.2) is 14.8 Å². The molecule has 0 unspecified atom stereocenters. The first-order valence-corrected chi connectivity index (χ1v) is 10.9. The summed E-state index contributed by atoms with van der Waals surface area (Å²) in [7, 11) is 0. The molecule has 170 valence electrons. The van der Waals surface area contributed by atoms with Crippen LogP contribution >= 0.6 is 0 Å². The number of aliphatic hydroxyl groups excluding tert-OH is 1. The molecule has 8 heteroatoms. The molecule has 2 heterocycles. The number of aromatic nitrogens is 3. The molecule has 0 bridgehead atoms. The third-order valence-electron chi connectivity index (χ3n) is 5.83. The van der Waals surface area contributed by atoms with E-state index in [1.54, 1.807) is 19.1 Å². The highest BCUT2D eigenvalue weighted by molar-refractivity contribution is 5.96. The second-order valence-corrected chi connectivity index (χ2v) is 8.10. The first kappa shape index (κ1) is 23.4. The number of aliphatic carboxylic acids is 1. The largest absolute Gasteiger partial charge is 0.480 e. The molecule has 2 atom stereocenters. The lowest BCUT2D eigenvalue weighted by molar-refractivity contribution is -0.140. The van der Waals surface area contributed by atoms with Gasteiger partial charge >= 0.3 is 5.97 Å². The van der Waals surface area contributed by atoms with Crippen LogP contribution in [-0.4, -0.2) is 42.7 Å². The molecular formula is C24H30N4O4. The van der Waals surface area contributed by atoms with E-state index in [1.807, 2.05) is 43.5 Å². The molecule has 3 aromatic rings. The maximum absolute atomic E-state index is 12.6. The zero-order valence-corrected chi connectivity index (χ0v) is 18.9. The highest BCUT2D eigenvalue weighted by Gasteiger charge is 2.25. The van der Waals surface area contributed by atoms with Crippen LogP contribution in [0, 0.1) is 12.8 Å². The molecule has 32 heavy (non-hydrogen) atoms. The van der Waals surface area contributed by atoms with Crippen molar-refractivity contribution in [3.63, 3.8) is 0 Å². The van der Waals surface area contributed by atoms with E-state index in [1.165, 1.54) is 0 Å². The van der Waals surface area contributed by atoms with Gasteiger partial charge in [0.25, 0.3) is 5.91 Å². The minimum Gasteiger partial charge on any atom is -0.480 e. The molecule has 0 aliphatic carbocycles. The number of carbonyl (C=O) groups is 2. The molecule has 0 saturated heterocycles. The van der Waals surface area contributed by atoms with E-state index in [-0.39, 0.29) is 12.5 Å². The van der Waals surface area contributed by atoms with Crippen LogP contribution in [0.1, 0.15) is 60.2 Å². The molecule has 3 rings (SSSR count). The van der Waals surface area contributed by atoms with Crippen molar-refractivity contribution in [2.75, 3.05) is 0 Å². The van der Waals surface area contributed by atoms with Crippen LogP contribution < -0.4 is 5.32 Å². The lowest BCUT2D eigenvalue weighted by Crippen LogP contribution is -2.45. The number of aliphatic hydroxyl groups is 1. The molecular weight excluding hydrogens is 408 g/mol. The van der Waals surface area contributed by atoms with Gasteiger partial charge in [-0.15, -0.1) is 0 Å². The quantitative estimate of drug-likeness (QED) is 0.473. The maximum Gasteiger partial charge on any atom is 0.326 e. The third-order valence-corrected chi connectivity index (χ3v) is 5.83. The van der Waals surface area contributed by atoms with Gasteiger partial charge in [0.1, 0.15) is 17.4 Å². The van der Waals surface area contributed by atoms with Gasteiger partial charge in [-0.3, -0.25) is 4.79 Å². The van der Waals surface area contributed by atoms with Crippen molar-refractivity contribution in [2.45, 2.75) is 59.7 Å². The van der Waals surface area contributed by atoms with Gasteiger partial charge in [0.2, 0.25) is 0 Å². The number of imidazole rings is 1. The molecule has 1 amide bonds. The van der Waals surface area contributed by atoms with Crippen molar-refractivity contribution in [3.05, 3.63) is 58.5 Å². The van der Waals surface area contributed by atoms with Crippen molar-refractivity contribution in [2.24, 2.45) is 5.92 Å². The summed E-state index contributed by atoms with van der Waals surface area (Å²) < 4.78 is 2.03. The SMILES string of the molecule is CCc1nc2c(C)cc(CO)nc2n1Cc1ccc(C(=O)N[C@H](C(=O)O)[C@@H](C)CC)cc1. The van der Waals surface area contributed by atoms with Crippen LogP contribution in [0.4, 0.5) is 0 Å². The summed E-state index contributed by atoms with van der Waals surface area (Å²) in [6.07, 6.45) is 1.39. The van der Waals surface area contributed by atoms with E-state index in [0.717, 1.165) is 34.5 Å². The van der Waals surface area contributed by atoms with Crippen LogP contribution in [0.2, 0.25) is 0 Å². The summed E-state index contributed by atoms with van der Waals surface area (Å²) in [4.78, 5) is 33.3. The smallest absolute Gasteiger partial charge is 0.326 e.